The van der Waals surface area contributed by atoms with Gasteiger partial charge in [-0.1, -0.05) is 25.4 Å². The van der Waals surface area contributed by atoms with Gasteiger partial charge in [0.15, 0.2) is 0 Å². The molecule has 0 atom stereocenters. The van der Waals surface area contributed by atoms with Crippen molar-refractivity contribution < 1.29 is 17.9 Å². The summed E-state index contributed by atoms with van der Waals surface area (Å²) >= 11 is 6.10. The van der Waals surface area contributed by atoms with E-state index in [1.165, 1.54) is 22.5 Å². The van der Waals surface area contributed by atoms with E-state index in [0.717, 1.165) is 0 Å². The van der Waals surface area contributed by atoms with Gasteiger partial charge in [0.05, 0.1) is 11.6 Å². The van der Waals surface area contributed by atoms with Gasteiger partial charge >= 0.3 is 0 Å². The summed E-state index contributed by atoms with van der Waals surface area (Å²) < 4.78 is 32.1. The summed E-state index contributed by atoms with van der Waals surface area (Å²) in [7, 11) is -3.77. The summed E-state index contributed by atoms with van der Waals surface area (Å²) in [6.45, 7) is 6.57. The molecule has 0 fully saturated rings. The van der Waals surface area contributed by atoms with Crippen LogP contribution in [0.25, 0.3) is 0 Å². The highest BCUT2D eigenvalue weighted by atomic mass is 35.5. The molecule has 0 bridgehead atoms. The lowest BCUT2D eigenvalue weighted by molar-refractivity contribution is 0.102. The minimum atomic E-state index is -3.77. The highest BCUT2D eigenvalue weighted by molar-refractivity contribution is 7.89. The molecule has 0 aliphatic rings. The number of halogens is 1. The molecule has 2 rings (SSSR count). The van der Waals surface area contributed by atoms with E-state index in [1.54, 1.807) is 38.1 Å². The molecule has 2 aromatic rings. The van der Waals surface area contributed by atoms with Crippen molar-refractivity contribution in [1.29, 1.82) is 0 Å². The number of hydrogen-bond donors (Lipinski definition) is 1. The van der Waals surface area contributed by atoms with Crippen LogP contribution >= 0.6 is 11.6 Å². The zero-order chi connectivity index (χ0) is 20.0. The lowest BCUT2D eigenvalue weighted by Crippen LogP contribution is -2.31. The van der Waals surface area contributed by atoms with Crippen molar-refractivity contribution in [2.24, 2.45) is 0 Å². The van der Waals surface area contributed by atoms with Crippen molar-refractivity contribution >= 4 is 33.2 Å². The van der Waals surface area contributed by atoms with Crippen LogP contribution < -0.4 is 10.1 Å². The van der Waals surface area contributed by atoms with E-state index < -0.39 is 15.9 Å². The maximum absolute atomic E-state index is 12.7. The molecule has 2 aromatic carbocycles. The van der Waals surface area contributed by atoms with Gasteiger partial charge in [0.1, 0.15) is 10.6 Å². The van der Waals surface area contributed by atoms with Gasteiger partial charge in [-0.15, -0.1) is 0 Å². The quantitative estimate of drug-likeness (QED) is 0.713. The second kappa shape index (κ2) is 9.21. The van der Waals surface area contributed by atoms with Gasteiger partial charge in [0, 0.05) is 24.3 Å². The van der Waals surface area contributed by atoms with Gasteiger partial charge in [0.2, 0.25) is 10.0 Å². The third-order valence-electron chi connectivity index (χ3n) is 3.94. The Hall–Kier alpha value is -2.09. The van der Waals surface area contributed by atoms with Crippen molar-refractivity contribution in [2.75, 3.05) is 25.0 Å². The smallest absolute Gasteiger partial charge is 0.255 e. The predicted molar refractivity (Wildman–Crippen MR) is 107 cm³/mol. The number of nitrogens with one attached hydrogen (secondary N) is 1. The Labute approximate surface area is 165 Å². The van der Waals surface area contributed by atoms with Crippen LogP contribution in [-0.4, -0.2) is 38.3 Å². The van der Waals surface area contributed by atoms with Gasteiger partial charge in [-0.05, 0) is 49.4 Å². The number of carbonyl (C=O) groups is 1. The number of rotatable bonds is 8. The average molecular weight is 411 g/mol. The average Bonchev–Trinajstić information content (AvgIpc) is 2.64. The maximum atomic E-state index is 12.7. The molecule has 27 heavy (non-hydrogen) atoms. The van der Waals surface area contributed by atoms with Crippen LogP contribution in [-0.2, 0) is 10.0 Å². The fourth-order valence-electron chi connectivity index (χ4n) is 2.55. The summed E-state index contributed by atoms with van der Waals surface area (Å²) in [4.78, 5) is 12.5. The molecule has 0 saturated heterocycles. The molecule has 146 valence electrons. The Morgan fingerprint density at radius 3 is 2.26 bits per heavy atom. The van der Waals surface area contributed by atoms with Gasteiger partial charge in [-0.25, -0.2) is 8.42 Å². The fraction of sp³-hybridized carbons (Fsp3) is 0.316. The van der Waals surface area contributed by atoms with Crippen LogP contribution in [0, 0.1) is 0 Å². The second-order valence-electron chi connectivity index (χ2n) is 5.65. The topological polar surface area (TPSA) is 75.7 Å². The van der Waals surface area contributed by atoms with E-state index in [4.69, 9.17) is 16.3 Å². The number of amides is 1. The number of nitrogens with zero attached hydrogens (tertiary/aromatic N) is 1. The van der Waals surface area contributed by atoms with Gasteiger partial charge in [-0.2, -0.15) is 4.31 Å². The third kappa shape index (κ3) is 5.00. The minimum Gasteiger partial charge on any atom is -0.494 e. The Morgan fingerprint density at radius 1 is 1.07 bits per heavy atom. The van der Waals surface area contributed by atoms with E-state index in [9.17, 15) is 13.2 Å². The molecule has 1 amide bonds. The zero-order valence-corrected chi connectivity index (χ0v) is 17.1. The lowest BCUT2D eigenvalue weighted by atomic mass is 10.2. The molecule has 0 aliphatic carbocycles. The number of benzene rings is 2. The van der Waals surface area contributed by atoms with E-state index in [2.05, 4.69) is 5.32 Å². The highest BCUT2D eigenvalue weighted by Gasteiger charge is 2.25. The van der Waals surface area contributed by atoms with E-state index in [0.29, 0.717) is 31.1 Å². The molecule has 0 unspecified atom stereocenters. The molecule has 0 spiro atoms. The first-order valence-electron chi connectivity index (χ1n) is 8.67. The molecule has 0 heterocycles. The van der Waals surface area contributed by atoms with Gasteiger partial charge in [0.25, 0.3) is 5.91 Å². The van der Waals surface area contributed by atoms with Crippen molar-refractivity contribution in [3.63, 3.8) is 0 Å². The highest BCUT2D eigenvalue weighted by Crippen LogP contribution is 2.26. The van der Waals surface area contributed by atoms with Crippen molar-refractivity contribution in [3.8, 4) is 5.75 Å². The molecular weight excluding hydrogens is 388 g/mol. The Morgan fingerprint density at radius 2 is 1.70 bits per heavy atom. The number of ether oxygens (including phenoxy) is 1. The van der Waals surface area contributed by atoms with E-state index in [1.807, 2.05) is 6.92 Å². The van der Waals surface area contributed by atoms with Crippen LogP contribution in [0.2, 0.25) is 5.02 Å². The van der Waals surface area contributed by atoms with Gasteiger partial charge < -0.3 is 10.1 Å². The molecule has 6 nitrogen and oxygen atoms in total. The van der Waals surface area contributed by atoms with Crippen molar-refractivity contribution in [1.82, 2.24) is 4.31 Å². The molecule has 0 aliphatic heterocycles. The maximum Gasteiger partial charge on any atom is 0.255 e. The van der Waals surface area contributed by atoms with Crippen molar-refractivity contribution in [2.45, 2.75) is 25.7 Å². The largest absolute Gasteiger partial charge is 0.494 e. The Bertz CT molecular complexity index is 894. The summed E-state index contributed by atoms with van der Waals surface area (Å²) in [6.07, 6.45) is 0. The second-order valence-corrected chi connectivity index (χ2v) is 7.96. The third-order valence-corrected chi connectivity index (χ3v) is 6.47. The fourth-order valence-corrected chi connectivity index (χ4v) is 4.51. The minimum absolute atomic E-state index is 0.0767. The Balaban J connectivity index is 2.27. The number of sulfonamides is 1. The number of hydrogen-bond acceptors (Lipinski definition) is 4. The summed E-state index contributed by atoms with van der Waals surface area (Å²) in [6, 6.07) is 11.1. The van der Waals surface area contributed by atoms with E-state index in [-0.39, 0.29) is 15.5 Å². The number of anilines is 1. The van der Waals surface area contributed by atoms with E-state index >= 15 is 0 Å². The summed E-state index contributed by atoms with van der Waals surface area (Å²) in [5.41, 5.74) is 0.783. The van der Waals surface area contributed by atoms with Crippen LogP contribution in [0.4, 0.5) is 5.69 Å². The normalized spacial score (nSPS) is 11.4. The molecule has 8 heteroatoms. The molecule has 1 N–H and O–H groups in total. The van der Waals surface area contributed by atoms with Crippen LogP contribution in [0.1, 0.15) is 31.1 Å². The molecule has 0 aromatic heterocycles. The first kappa shape index (κ1) is 21.2. The lowest BCUT2D eigenvalue weighted by Gasteiger charge is -2.19. The first-order chi connectivity index (χ1) is 12.8. The van der Waals surface area contributed by atoms with Crippen molar-refractivity contribution in [3.05, 3.63) is 53.1 Å². The summed E-state index contributed by atoms with van der Waals surface area (Å²) in [5.74, 6) is 0.279. The molecule has 0 saturated carbocycles. The Kier molecular flexibility index (Phi) is 7.24. The summed E-state index contributed by atoms with van der Waals surface area (Å²) in [5, 5.41) is 2.82. The van der Waals surface area contributed by atoms with Crippen LogP contribution in [0.15, 0.2) is 47.4 Å². The number of carbonyl (C=O) groups excluding carboxylic acids is 1. The zero-order valence-electron chi connectivity index (χ0n) is 15.5. The first-order valence-corrected chi connectivity index (χ1v) is 10.5. The molecular formula is C19H23ClN2O4S. The monoisotopic (exact) mass is 410 g/mol. The predicted octanol–water partition coefficient (Wildman–Crippen LogP) is 4.02. The van der Waals surface area contributed by atoms with Gasteiger partial charge in [-0.3, -0.25) is 4.79 Å². The standard InChI is InChI=1S/C19H23ClN2O4S/c1-4-22(5-2)27(24,25)18-13-14(7-12-17(18)20)19(23)21-15-8-10-16(11-9-15)26-6-3/h7-13H,4-6H2,1-3H3,(H,21,23). The van der Waals surface area contributed by atoms with Crippen LogP contribution in [0.3, 0.4) is 0 Å². The van der Waals surface area contributed by atoms with Crippen LogP contribution in [0.5, 0.6) is 5.75 Å². The SMILES string of the molecule is CCOc1ccc(NC(=O)c2ccc(Cl)c(S(=O)(=O)N(CC)CC)c2)cc1. The molecule has 0 radical (unpaired) electrons.